The van der Waals surface area contributed by atoms with E-state index in [0.717, 1.165) is 24.3 Å². The Morgan fingerprint density at radius 1 is 1.57 bits per heavy atom. The van der Waals surface area contributed by atoms with Crippen molar-refractivity contribution in [3.63, 3.8) is 0 Å². The van der Waals surface area contributed by atoms with Crippen molar-refractivity contribution >= 4 is 17.1 Å². The van der Waals surface area contributed by atoms with Gasteiger partial charge in [0, 0.05) is 29.8 Å². The van der Waals surface area contributed by atoms with Crippen LogP contribution in [0.3, 0.4) is 0 Å². The summed E-state index contributed by atoms with van der Waals surface area (Å²) in [4.78, 5) is 16.9. The van der Waals surface area contributed by atoms with Crippen molar-refractivity contribution in [2.24, 2.45) is 5.92 Å². The molecule has 0 bridgehead atoms. The highest BCUT2D eigenvalue weighted by Gasteiger charge is 2.28. The predicted octanol–water partition coefficient (Wildman–Crippen LogP) is 2.92. The molecule has 1 heterocycles. The van der Waals surface area contributed by atoms with E-state index in [4.69, 9.17) is 0 Å². The number of Topliss-reactive ketones (excluding diaryl/α,β-unsaturated/α-hetero) is 1. The summed E-state index contributed by atoms with van der Waals surface area (Å²) in [5.74, 6) is 1.48. The molecule has 0 aliphatic heterocycles. The number of aromatic nitrogens is 1. The van der Waals surface area contributed by atoms with E-state index < -0.39 is 0 Å². The lowest BCUT2D eigenvalue weighted by Crippen LogP contribution is -2.20. The summed E-state index contributed by atoms with van der Waals surface area (Å²) in [5.41, 5.74) is 0. The van der Waals surface area contributed by atoms with Crippen LogP contribution in [0.1, 0.15) is 42.0 Å². The standard InChI is InChI=1S/C11H15NOS/c1-7-3-4-9(13)5-10(7)11-6-12-8(2)14-11/h6-7,10H,3-5H2,1-2H3. The van der Waals surface area contributed by atoms with Crippen LogP contribution in [0.15, 0.2) is 6.20 Å². The summed E-state index contributed by atoms with van der Waals surface area (Å²) in [6.07, 6.45) is 4.48. The molecule has 14 heavy (non-hydrogen) atoms. The molecule has 1 aromatic rings. The third kappa shape index (κ3) is 1.87. The first-order valence-corrected chi connectivity index (χ1v) is 5.92. The van der Waals surface area contributed by atoms with Crippen molar-refractivity contribution in [1.29, 1.82) is 0 Å². The largest absolute Gasteiger partial charge is 0.300 e. The van der Waals surface area contributed by atoms with Crippen LogP contribution in [0.5, 0.6) is 0 Å². The van der Waals surface area contributed by atoms with Crippen LogP contribution in [0.2, 0.25) is 0 Å². The molecule has 0 spiro atoms. The highest BCUT2D eigenvalue weighted by Crippen LogP contribution is 2.38. The van der Waals surface area contributed by atoms with Gasteiger partial charge in [0.15, 0.2) is 0 Å². The number of ketones is 1. The minimum absolute atomic E-state index is 0.416. The van der Waals surface area contributed by atoms with E-state index in [-0.39, 0.29) is 0 Å². The Morgan fingerprint density at radius 2 is 2.36 bits per heavy atom. The van der Waals surface area contributed by atoms with Gasteiger partial charge in [-0.05, 0) is 19.3 Å². The van der Waals surface area contributed by atoms with E-state index >= 15 is 0 Å². The maximum atomic E-state index is 11.4. The maximum Gasteiger partial charge on any atom is 0.133 e. The Kier molecular flexibility index (Phi) is 2.68. The second-order valence-electron chi connectivity index (χ2n) is 4.15. The van der Waals surface area contributed by atoms with Crippen LogP contribution in [-0.2, 0) is 4.79 Å². The first-order valence-electron chi connectivity index (χ1n) is 5.11. The SMILES string of the molecule is Cc1ncc(C2CC(=O)CCC2C)s1. The van der Waals surface area contributed by atoms with E-state index in [1.165, 1.54) is 4.88 Å². The molecule has 2 atom stereocenters. The molecule has 0 N–H and O–H groups in total. The van der Waals surface area contributed by atoms with Crippen LogP contribution >= 0.6 is 11.3 Å². The monoisotopic (exact) mass is 209 g/mol. The Labute approximate surface area is 88.4 Å². The number of hydrogen-bond donors (Lipinski definition) is 0. The normalized spacial score (nSPS) is 28.0. The Balaban J connectivity index is 2.19. The highest BCUT2D eigenvalue weighted by molar-refractivity contribution is 7.11. The van der Waals surface area contributed by atoms with Crippen molar-refractivity contribution in [3.8, 4) is 0 Å². The zero-order valence-electron chi connectivity index (χ0n) is 8.62. The van der Waals surface area contributed by atoms with Crippen molar-refractivity contribution in [1.82, 2.24) is 4.98 Å². The lowest BCUT2D eigenvalue weighted by atomic mass is 9.79. The van der Waals surface area contributed by atoms with E-state index in [1.807, 2.05) is 13.1 Å². The van der Waals surface area contributed by atoms with Gasteiger partial charge in [-0.25, -0.2) is 4.98 Å². The first-order chi connectivity index (χ1) is 6.66. The average Bonchev–Trinajstić information content (AvgIpc) is 2.56. The summed E-state index contributed by atoms with van der Waals surface area (Å²) >= 11 is 1.74. The van der Waals surface area contributed by atoms with Gasteiger partial charge in [0.25, 0.3) is 0 Å². The highest BCUT2D eigenvalue weighted by atomic mass is 32.1. The molecule has 2 rings (SSSR count). The van der Waals surface area contributed by atoms with Gasteiger partial charge in [-0.1, -0.05) is 6.92 Å². The molecule has 0 amide bonds. The molecule has 2 unspecified atom stereocenters. The summed E-state index contributed by atoms with van der Waals surface area (Å²) in [7, 11) is 0. The smallest absolute Gasteiger partial charge is 0.133 e. The van der Waals surface area contributed by atoms with Gasteiger partial charge in [-0.15, -0.1) is 11.3 Å². The average molecular weight is 209 g/mol. The van der Waals surface area contributed by atoms with Gasteiger partial charge < -0.3 is 0 Å². The van der Waals surface area contributed by atoms with Crippen LogP contribution in [0, 0.1) is 12.8 Å². The fourth-order valence-corrected chi connectivity index (χ4v) is 3.09. The van der Waals surface area contributed by atoms with E-state index in [0.29, 0.717) is 17.6 Å². The van der Waals surface area contributed by atoms with Gasteiger partial charge in [0.1, 0.15) is 5.78 Å². The number of aryl methyl sites for hydroxylation is 1. The van der Waals surface area contributed by atoms with E-state index in [2.05, 4.69) is 11.9 Å². The molecule has 1 saturated carbocycles. The molecule has 1 aliphatic carbocycles. The molecular formula is C11H15NOS. The van der Waals surface area contributed by atoms with Crippen LogP contribution in [0.25, 0.3) is 0 Å². The molecule has 1 aromatic heterocycles. The van der Waals surface area contributed by atoms with Crippen molar-refractivity contribution in [3.05, 3.63) is 16.1 Å². The third-order valence-electron chi connectivity index (χ3n) is 3.02. The molecule has 1 aliphatic rings. The van der Waals surface area contributed by atoms with E-state index in [9.17, 15) is 4.79 Å². The fourth-order valence-electron chi connectivity index (χ4n) is 2.07. The Bertz CT molecular complexity index is 345. The Hall–Kier alpha value is -0.700. The van der Waals surface area contributed by atoms with Crippen molar-refractivity contribution in [2.75, 3.05) is 0 Å². The van der Waals surface area contributed by atoms with E-state index in [1.54, 1.807) is 11.3 Å². The number of hydrogen-bond acceptors (Lipinski definition) is 3. The summed E-state index contributed by atoms with van der Waals surface area (Å²) in [6.45, 7) is 4.26. The van der Waals surface area contributed by atoms with Gasteiger partial charge in [-0.2, -0.15) is 0 Å². The molecule has 3 heteroatoms. The zero-order chi connectivity index (χ0) is 10.1. The second kappa shape index (κ2) is 3.81. The lowest BCUT2D eigenvalue weighted by Gasteiger charge is -2.26. The molecule has 0 radical (unpaired) electrons. The maximum absolute atomic E-state index is 11.4. The number of carbonyl (C=O) groups excluding carboxylic acids is 1. The molecular weight excluding hydrogens is 194 g/mol. The third-order valence-corrected chi connectivity index (χ3v) is 4.06. The summed E-state index contributed by atoms with van der Waals surface area (Å²) in [5, 5.41) is 1.10. The van der Waals surface area contributed by atoms with Crippen LogP contribution in [-0.4, -0.2) is 10.8 Å². The van der Waals surface area contributed by atoms with Crippen molar-refractivity contribution in [2.45, 2.75) is 39.0 Å². The minimum Gasteiger partial charge on any atom is -0.300 e. The number of rotatable bonds is 1. The Morgan fingerprint density at radius 3 is 3.00 bits per heavy atom. The van der Waals surface area contributed by atoms with Gasteiger partial charge in [-0.3, -0.25) is 4.79 Å². The molecule has 1 fully saturated rings. The zero-order valence-corrected chi connectivity index (χ0v) is 9.43. The van der Waals surface area contributed by atoms with Crippen LogP contribution in [0.4, 0.5) is 0 Å². The summed E-state index contributed by atoms with van der Waals surface area (Å²) in [6, 6.07) is 0. The fraction of sp³-hybridized carbons (Fsp3) is 0.636. The van der Waals surface area contributed by atoms with Gasteiger partial charge >= 0.3 is 0 Å². The second-order valence-corrected chi connectivity index (χ2v) is 5.41. The van der Waals surface area contributed by atoms with Gasteiger partial charge in [0.05, 0.1) is 5.01 Å². The number of nitrogens with zero attached hydrogens (tertiary/aromatic N) is 1. The van der Waals surface area contributed by atoms with Crippen LogP contribution < -0.4 is 0 Å². The lowest BCUT2D eigenvalue weighted by molar-refractivity contribution is -0.121. The topological polar surface area (TPSA) is 30.0 Å². The number of carbonyl (C=O) groups is 1. The molecule has 76 valence electrons. The quantitative estimate of drug-likeness (QED) is 0.711. The molecule has 0 aromatic carbocycles. The van der Waals surface area contributed by atoms with Crippen molar-refractivity contribution < 1.29 is 4.79 Å². The molecule has 0 saturated heterocycles. The summed E-state index contributed by atoms with van der Waals surface area (Å²) < 4.78 is 0. The minimum atomic E-state index is 0.416. The first kappa shape index (κ1) is 9.84. The molecule has 2 nitrogen and oxygen atoms in total. The van der Waals surface area contributed by atoms with Gasteiger partial charge in [0.2, 0.25) is 0 Å². The predicted molar refractivity (Wildman–Crippen MR) is 57.6 cm³/mol. The number of thiazole rings is 1.